The number of hydrogen-bond donors (Lipinski definition) is 0. The minimum absolute atomic E-state index is 0.0680. The normalized spacial score (nSPS) is 20.8. The van der Waals surface area contributed by atoms with E-state index in [4.69, 9.17) is 32.7 Å². The SMILES string of the molecule is FC(F)(F)[C@@H](OC[C@H]1CO1)c1ccc(Cl)cc1Cl. The summed E-state index contributed by atoms with van der Waals surface area (Å²) in [6.07, 6.45) is -6.85. The van der Waals surface area contributed by atoms with E-state index >= 15 is 0 Å². The Morgan fingerprint density at radius 1 is 1.39 bits per heavy atom. The minimum atomic E-state index is -4.54. The van der Waals surface area contributed by atoms with Crippen molar-refractivity contribution in [3.63, 3.8) is 0 Å². The van der Waals surface area contributed by atoms with Crippen molar-refractivity contribution in [1.29, 1.82) is 0 Å². The predicted octanol–water partition coefficient (Wildman–Crippen LogP) is 4.01. The Morgan fingerprint density at radius 2 is 2.06 bits per heavy atom. The Kier molecular flexibility index (Phi) is 4.06. The molecule has 1 heterocycles. The van der Waals surface area contributed by atoms with Crippen molar-refractivity contribution in [2.75, 3.05) is 13.2 Å². The maximum atomic E-state index is 12.9. The van der Waals surface area contributed by atoms with Crippen molar-refractivity contribution in [2.45, 2.75) is 18.4 Å². The molecule has 0 saturated carbocycles. The van der Waals surface area contributed by atoms with Gasteiger partial charge in [0.05, 0.1) is 13.2 Å². The first-order valence-corrected chi connectivity index (χ1v) is 5.88. The van der Waals surface area contributed by atoms with Gasteiger partial charge in [0.1, 0.15) is 6.10 Å². The molecule has 1 aromatic rings. The summed E-state index contributed by atoms with van der Waals surface area (Å²) in [6, 6.07) is 3.82. The number of rotatable bonds is 4. The van der Waals surface area contributed by atoms with Crippen LogP contribution in [0.4, 0.5) is 13.2 Å². The second-order valence-corrected chi connectivity index (χ2v) is 4.72. The zero-order valence-corrected chi connectivity index (χ0v) is 10.5. The van der Waals surface area contributed by atoms with Crippen LogP contribution in [0.2, 0.25) is 10.0 Å². The van der Waals surface area contributed by atoms with E-state index in [1.54, 1.807) is 0 Å². The van der Waals surface area contributed by atoms with Gasteiger partial charge < -0.3 is 9.47 Å². The van der Waals surface area contributed by atoms with Gasteiger partial charge in [0.15, 0.2) is 6.10 Å². The summed E-state index contributed by atoms with van der Waals surface area (Å²) in [6.45, 7) is 0.321. The summed E-state index contributed by atoms with van der Waals surface area (Å²) in [5.74, 6) is 0. The van der Waals surface area contributed by atoms with Gasteiger partial charge in [-0.15, -0.1) is 0 Å². The van der Waals surface area contributed by atoms with Crippen molar-refractivity contribution in [3.8, 4) is 0 Å². The van der Waals surface area contributed by atoms with E-state index in [0.29, 0.717) is 6.61 Å². The van der Waals surface area contributed by atoms with Crippen LogP contribution in [-0.2, 0) is 9.47 Å². The highest BCUT2D eigenvalue weighted by Gasteiger charge is 2.44. The average molecular weight is 301 g/mol. The van der Waals surface area contributed by atoms with Crippen LogP contribution in [0.5, 0.6) is 0 Å². The highest BCUT2D eigenvalue weighted by Crippen LogP contribution is 2.40. The van der Waals surface area contributed by atoms with Gasteiger partial charge in [-0.1, -0.05) is 29.3 Å². The van der Waals surface area contributed by atoms with Gasteiger partial charge in [0, 0.05) is 15.6 Å². The smallest absolute Gasteiger partial charge is 0.371 e. The van der Waals surface area contributed by atoms with Crippen LogP contribution in [0.3, 0.4) is 0 Å². The summed E-state index contributed by atoms with van der Waals surface area (Å²) in [5.41, 5.74) is -0.144. The maximum absolute atomic E-state index is 12.9. The van der Waals surface area contributed by atoms with Crippen molar-refractivity contribution in [2.24, 2.45) is 0 Å². The molecule has 0 aliphatic carbocycles. The Balaban J connectivity index is 2.20. The third kappa shape index (κ3) is 3.51. The Bertz CT molecular complexity index is 433. The lowest BCUT2D eigenvalue weighted by Crippen LogP contribution is -2.25. The topological polar surface area (TPSA) is 21.8 Å². The fraction of sp³-hybridized carbons (Fsp3) is 0.455. The molecule has 1 aromatic carbocycles. The molecule has 0 N–H and O–H groups in total. The van der Waals surface area contributed by atoms with Crippen LogP contribution in [0.25, 0.3) is 0 Å². The first kappa shape index (κ1) is 13.9. The van der Waals surface area contributed by atoms with E-state index in [-0.39, 0.29) is 28.3 Å². The van der Waals surface area contributed by atoms with Crippen LogP contribution in [-0.4, -0.2) is 25.5 Å². The highest BCUT2D eigenvalue weighted by atomic mass is 35.5. The lowest BCUT2D eigenvalue weighted by molar-refractivity contribution is -0.224. The van der Waals surface area contributed by atoms with Crippen LogP contribution >= 0.6 is 23.2 Å². The lowest BCUT2D eigenvalue weighted by atomic mass is 10.1. The summed E-state index contributed by atoms with van der Waals surface area (Å²) >= 11 is 11.4. The van der Waals surface area contributed by atoms with Gasteiger partial charge in [-0.05, 0) is 12.1 Å². The largest absolute Gasteiger partial charge is 0.418 e. The molecule has 18 heavy (non-hydrogen) atoms. The third-order valence-corrected chi connectivity index (χ3v) is 2.96. The van der Waals surface area contributed by atoms with Gasteiger partial charge in [-0.25, -0.2) is 0 Å². The fourth-order valence-corrected chi connectivity index (χ4v) is 1.95. The van der Waals surface area contributed by atoms with E-state index in [2.05, 4.69) is 0 Å². The zero-order chi connectivity index (χ0) is 13.3. The van der Waals surface area contributed by atoms with Crippen LogP contribution in [0, 0.1) is 0 Å². The van der Waals surface area contributed by atoms with Crippen LogP contribution in [0.1, 0.15) is 11.7 Å². The van der Waals surface area contributed by atoms with Crippen LogP contribution < -0.4 is 0 Å². The average Bonchev–Trinajstić information content (AvgIpc) is 3.03. The molecule has 0 spiro atoms. The number of hydrogen-bond acceptors (Lipinski definition) is 2. The molecule has 0 amide bonds. The summed E-state index contributed by atoms with van der Waals surface area (Å²) in [5, 5.41) is 0.205. The molecule has 0 aromatic heterocycles. The van der Waals surface area contributed by atoms with E-state index in [0.717, 1.165) is 0 Å². The maximum Gasteiger partial charge on any atom is 0.418 e. The molecule has 1 aliphatic rings. The molecule has 2 nitrogen and oxygen atoms in total. The van der Waals surface area contributed by atoms with Gasteiger partial charge in [0.2, 0.25) is 0 Å². The quantitative estimate of drug-likeness (QED) is 0.784. The molecule has 1 fully saturated rings. The Hall–Kier alpha value is -0.490. The van der Waals surface area contributed by atoms with Crippen molar-refractivity contribution in [1.82, 2.24) is 0 Å². The molecule has 0 radical (unpaired) electrons. The second-order valence-electron chi connectivity index (χ2n) is 3.88. The third-order valence-electron chi connectivity index (χ3n) is 2.39. The van der Waals surface area contributed by atoms with Gasteiger partial charge in [-0.2, -0.15) is 13.2 Å². The molecule has 0 bridgehead atoms. The summed E-state index contributed by atoms with van der Waals surface area (Å²) < 4.78 is 48.4. The number of alkyl halides is 3. The van der Waals surface area contributed by atoms with E-state index in [1.807, 2.05) is 0 Å². The van der Waals surface area contributed by atoms with E-state index in [9.17, 15) is 13.2 Å². The molecule has 2 rings (SSSR count). The predicted molar refractivity (Wildman–Crippen MR) is 61.0 cm³/mol. The molecule has 2 atom stereocenters. The number of halogens is 5. The highest BCUT2D eigenvalue weighted by molar-refractivity contribution is 6.35. The molecule has 1 saturated heterocycles. The molecule has 100 valence electrons. The van der Waals surface area contributed by atoms with Crippen LogP contribution in [0.15, 0.2) is 18.2 Å². The second kappa shape index (κ2) is 5.25. The molecule has 7 heteroatoms. The fourth-order valence-electron chi connectivity index (χ4n) is 1.44. The monoisotopic (exact) mass is 300 g/mol. The first-order chi connectivity index (χ1) is 8.38. The standard InChI is InChI=1S/C11H9Cl2F3O2/c12-6-1-2-8(9(13)3-6)10(11(14,15)16)18-5-7-4-17-7/h1-3,7,10H,4-5H2/t7-,10+/m1/s1. The molecule has 0 unspecified atom stereocenters. The zero-order valence-electron chi connectivity index (χ0n) is 9.01. The number of ether oxygens (including phenoxy) is 2. The molecular weight excluding hydrogens is 292 g/mol. The lowest BCUT2D eigenvalue weighted by Gasteiger charge is -2.21. The molecule has 1 aliphatic heterocycles. The van der Waals surface area contributed by atoms with E-state index < -0.39 is 12.3 Å². The number of epoxide rings is 1. The minimum Gasteiger partial charge on any atom is -0.371 e. The Labute approximate surface area is 112 Å². The summed E-state index contributed by atoms with van der Waals surface area (Å²) in [4.78, 5) is 0. The van der Waals surface area contributed by atoms with Gasteiger partial charge in [0.25, 0.3) is 0 Å². The number of benzene rings is 1. The molecular formula is C11H9Cl2F3O2. The van der Waals surface area contributed by atoms with Crippen molar-refractivity contribution < 1.29 is 22.6 Å². The summed E-state index contributed by atoms with van der Waals surface area (Å²) in [7, 11) is 0. The Morgan fingerprint density at radius 3 is 2.56 bits per heavy atom. The van der Waals surface area contributed by atoms with Crippen molar-refractivity contribution >= 4 is 23.2 Å². The van der Waals surface area contributed by atoms with Gasteiger partial charge in [-0.3, -0.25) is 0 Å². The van der Waals surface area contributed by atoms with Gasteiger partial charge >= 0.3 is 6.18 Å². The van der Waals surface area contributed by atoms with Crippen molar-refractivity contribution in [3.05, 3.63) is 33.8 Å². The van der Waals surface area contributed by atoms with E-state index in [1.165, 1.54) is 18.2 Å². The first-order valence-electron chi connectivity index (χ1n) is 5.13.